The number of likely N-dealkylation sites (N-methyl/N-ethyl adjacent to an activating group) is 1. The molecule has 0 aromatic heterocycles. The van der Waals surface area contributed by atoms with Gasteiger partial charge in [0.15, 0.2) is 0 Å². The lowest BCUT2D eigenvalue weighted by molar-refractivity contribution is -0.131. The van der Waals surface area contributed by atoms with Gasteiger partial charge in [-0.1, -0.05) is 102 Å². The fraction of sp³-hybridized carbons (Fsp3) is 0.967. The monoisotopic (exact) mass is 552 g/mol. The molecule has 222 valence electrons. The largest absolute Gasteiger partial charge is 0.378 e. The van der Waals surface area contributed by atoms with Gasteiger partial charge in [-0.25, -0.2) is 0 Å². The fourth-order valence-electron chi connectivity index (χ4n) is 3.64. The van der Waals surface area contributed by atoms with Crippen molar-refractivity contribution in [2.45, 2.75) is 164 Å². The minimum absolute atomic E-state index is 0.0547. The number of hydrogen-bond acceptors (Lipinski definition) is 5. The van der Waals surface area contributed by atoms with Crippen LogP contribution in [0.3, 0.4) is 0 Å². The van der Waals surface area contributed by atoms with Gasteiger partial charge in [-0.15, -0.1) is 23.5 Å². The van der Waals surface area contributed by atoms with E-state index in [1.807, 2.05) is 83.9 Å². The highest BCUT2D eigenvalue weighted by Crippen LogP contribution is 2.50. The molecule has 4 nitrogen and oxygen atoms in total. The Balaban J connectivity index is -0.000000504. The van der Waals surface area contributed by atoms with Crippen LogP contribution >= 0.6 is 23.5 Å². The number of hydrogen-bond donors (Lipinski definition) is 2. The highest BCUT2D eigenvalue weighted by molar-refractivity contribution is 8.21. The van der Waals surface area contributed by atoms with Crippen molar-refractivity contribution in [1.82, 2.24) is 10.2 Å². The van der Waals surface area contributed by atoms with E-state index in [9.17, 15) is 9.90 Å². The summed E-state index contributed by atoms with van der Waals surface area (Å²) in [6, 6.07) is -0.149. The Morgan fingerprint density at radius 1 is 0.917 bits per heavy atom. The Kier molecular flexibility index (Phi) is 35.5. The van der Waals surface area contributed by atoms with Crippen LogP contribution < -0.4 is 5.32 Å². The first-order chi connectivity index (χ1) is 17.2. The normalized spacial score (nSPS) is 16.0. The molecule has 3 atom stereocenters. The van der Waals surface area contributed by atoms with E-state index in [1.54, 1.807) is 0 Å². The number of carbonyl (C=O) groups excluding carboxylic acids is 1. The molecule has 2 N–H and O–H groups in total. The van der Waals surface area contributed by atoms with Gasteiger partial charge in [0, 0.05) is 17.5 Å². The number of nitrogens with zero attached hydrogens (tertiary/aromatic N) is 1. The SMILES string of the molecule is CC.CC.CC.CCC.CCCCCC(O)N(C)[C@@H](CC)C(=O)NC(C)C1(CCC(C)C)SCCS1. The van der Waals surface area contributed by atoms with Gasteiger partial charge in [0.1, 0.15) is 6.23 Å². The zero-order valence-corrected chi connectivity index (χ0v) is 28.6. The predicted molar refractivity (Wildman–Crippen MR) is 171 cm³/mol. The van der Waals surface area contributed by atoms with Crippen LogP contribution in [0, 0.1) is 5.92 Å². The Morgan fingerprint density at radius 2 is 1.39 bits per heavy atom. The Bertz CT molecular complexity index is 445. The van der Waals surface area contributed by atoms with Gasteiger partial charge in [-0.2, -0.15) is 0 Å². The zero-order chi connectivity index (χ0) is 29.2. The summed E-state index contributed by atoms with van der Waals surface area (Å²) in [5.41, 5.74) is 0. The Morgan fingerprint density at radius 3 is 1.78 bits per heavy atom. The van der Waals surface area contributed by atoms with Crippen LogP contribution in [-0.4, -0.2) is 56.9 Å². The first-order valence-corrected chi connectivity index (χ1v) is 17.1. The first-order valence-electron chi connectivity index (χ1n) is 15.2. The highest BCUT2D eigenvalue weighted by atomic mass is 32.2. The van der Waals surface area contributed by atoms with Crippen LogP contribution in [0.4, 0.5) is 0 Å². The van der Waals surface area contributed by atoms with E-state index in [0.717, 1.165) is 43.6 Å². The first kappa shape index (κ1) is 43.2. The third-order valence-electron chi connectivity index (χ3n) is 5.58. The number of aliphatic hydroxyl groups is 1. The average molecular weight is 553 g/mol. The molecule has 1 aliphatic rings. The number of amides is 1. The third-order valence-corrected chi connectivity index (χ3v) is 9.46. The summed E-state index contributed by atoms with van der Waals surface area (Å²) >= 11 is 4.03. The molecule has 0 bridgehead atoms. The number of rotatable bonds is 13. The number of carbonyl (C=O) groups is 1. The molecule has 2 unspecified atom stereocenters. The molecule has 1 fully saturated rings. The number of unbranched alkanes of at least 4 members (excludes halogenated alkanes) is 2. The molecule has 0 aromatic rings. The van der Waals surface area contributed by atoms with E-state index >= 15 is 0 Å². The van der Waals surface area contributed by atoms with Crippen LogP contribution in [0.25, 0.3) is 0 Å². The maximum absolute atomic E-state index is 13.0. The van der Waals surface area contributed by atoms with Crippen molar-refractivity contribution in [3.8, 4) is 0 Å². The maximum Gasteiger partial charge on any atom is 0.237 e. The molecule has 1 aliphatic heterocycles. The van der Waals surface area contributed by atoms with Crippen molar-refractivity contribution in [2.24, 2.45) is 5.92 Å². The molecule has 0 aromatic carbocycles. The summed E-state index contributed by atoms with van der Waals surface area (Å²) < 4.78 is 0.0938. The summed E-state index contributed by atoms with van der Waals surface area (Å²) in [6.45, 7) is 27.1. The molecular weight excluding hydrogens is 484 g/mol. The van der Waals surface area contributed by atoms with Crippen LogP contribution in [-0.2, 0) is 4.79 Å². The molecule has 1 saturated heterocycles. The van der Waals surface area contributed by atoms with Gasteiger partial charge >= 0.3 is 0 Å². The lowest BCUT2D eigenvalue weighted by atomic mass is 10.0. The van der Waals surface area contributed by atoms with E-state index in [1.165, 1.54) is 12.8 Å². The molecule has 0 aliphatic carbocycles. The topological polar surface area (TPSA) is 52.6 Å². The maximum atomic E-state index is 13.0. The average Bonchev–Trinajstić information content (AvgIpc) is 3.38. The fourth-order valence-corrected chi connectivity index (χ4v) is 6.97. The molecule has 6 heteroatoms. The molecule has 1 heterocycles. The molecule has 0 spiro atoms. The van der Waals surface area contributed by atoms with Crippen molar-refractivity contribution in [1.29, 1.82) is 0 Å². The zero-order valence-electron chi connectivity index (χ0n) is 27.0. The Labute approximate surface area is 237 Å². The lowest BCUT2D eigenvalue weighted by Gasteiger charge is -2.37. The van der Waals surface area contributed by atoms with Crippen molar-refractivity contribution in [2.75, 3.05) is 18.6 Å². The number of aliphatic hydroxyl groups excluding tert-OH is 1. The number of thioether (sulfide) groups is 2. The minimum Gasteiger partial charge on any atom is -0.378 e. The van der Waals surface area contributed by atoms with Crippen molar-refractivity contribution in [3.05, 3.63) is 0 Å². The predicted octanol–water partition coefficient (Wildman–Crippen LogP) is 9.21. The summed E-state index contributed by atoms with van der Waals surface area (Å²) in [6.07, 6.45) is 7.72. The second-order valence-corrected chi connectivity index (χ2v) is 12.1. The molecule has 1 rings (SSSR count). The molecule has 1 amide bonds. The second-order valence-electron chi connectivity index (χ2n) is 8.94. The van der Waals surface area contributed by atoms with Crippen molar-refractivity contribution in [3.63, 3.8) is 0 Å². The minimum atomic E-state index is -0.548. The lowest BCUT2D eigenvalue weighted by Crippen LogP contribution is -2.54. The van der Waals surface area contributed by atoms with E-state index in [2.05, 4.69) is 46.9 Å². The summed E-state index contributed by atoms with van der Waals surface area (Å²) in [4.78, 5) is 14.9. The summed E-state index contributed by atoms with van der Waals surface area (Å²) in [7, 11) is 1.88. The van der Waals surface area contributed by atoms with E-state index in [-0.39, 0.29) is 22.1 Å². The summed E-state index contributed by atoms with van der Waals surface area (Å²) in [5.74, 6) is 3.06. The van der Waals surface area contributed by atoms with Crippen LogP contribution in [0.2, 0.25) is 0 Å². The van der Waals surface area contributed by atoms with Crippen molar-refractivity contribution < 1.29 is 9.90 Å². The van der Waals surface area contributed by atoms with Gasteiger partial charge in [0.2, 0.25) is 5.91 Å². The van der Waals surface area contributed by atoms with E-state index in [4.69, 9.17) is 0 Å². The van der Waals surface area contributed by atoms with Gasteiger partial charge in [-0.3, -0.25) is 9.69 Å². The molecule has 0 saturated carbocycles. The molecule has 36 heavy (non-hydrogen) atoms. The third kappa shape index (κ3) is 19.2. The van der Waals surface area contributed by atoms with Crippen LogP contribution in [0.5, 0.6) is 0 Å². The van der Waals surface area contributed by atoms with Gasteiger partial charge in [0.05, 0.1) is 10.1 Å². The highest BCUT2D eigenvalue weighted by Gasteiger charge is 2.42. The summed E-state index contributed by atoms with van der Waals surface area (Å²) in [5, 5.41) is 13.8. The Hall–Kier alpha value is 0.0900. The van der Waals surface area contributed by atoms with Gasteiger partial charge in [-0.05, 0) is 52.0 Å². The molecular formula is C30H68N2O2S2. The number of nitrogens with one attached hydrogen (secondary N) is 1. The molecule has 0 radical (unpaired) electrons. The standard InChI is InChI=1S/C21H42N2O2S2.C3H8.3C2H6/c1-7-9-10-11-19(24)23(6)18(8-2)20(25)22-17(5)21(13-12-16(3)4)26-14-15-27-21;1-3-2;3*1-2/h16-19,24H,7-15H2,1-6H3,(H,22,25);3H2,1-2H3;3*1-2H3/t17?,18-,19?;;;;/m0..../s1. The second kappa shape index (κ2) is 29.6. The van der Waals surface area contributed by atoms with E-state index in [0.29, 0.717) is 12.3 Å². The van der Waals surface area contributed by atoms with Crippen molar-refractivity contribution >= 4 is 29.4 Å². The van der Waals surface area contributed by atoms with Gasteiger partial charge < -0.3 is 10.4 Å². The quantitative estimate of drug-likeness (QED) is 0.176. The van der Waals surface area contributed by atoms with Crippen LogP contribution in [0.1, 0.15) is 141 Å². The van der Waals surface area contributed by atoms with Crippen LogP contribution in [0.15, 0.2) is 0 Å². The van der Waals surface area contributed by atoms with E-state index < -0.39 is 6.23 Å². The smallest absolute Gasteiger partial charge is 0.237 e. The van der Waals surface area contributed by atoms with Gasteiger partial charge in [0.25, 0.3) is 0 Å².